The van der Waals surface area contributed by atoms with E-state index in [0.717, 1.165) is 143 Å². The fourth-order valence-corrected chi connectivity index (χ4v) is 13.5. The van der Waals surface area contributed by atoms with Crippen LogP contribution in [-0.2, 0) is 0 Å². The summed E-state index contributed by atoms with van der Waals surface area (Å²) in [4.78, 5) is 4.27. The first-order valence-electron chi connectivity index (χ1n) is 28.5. The van der Waals surface area contributed by atoms with Gasteiger partial charge in [0.2, 0.25) is 0 Å². The molecule has 16 rings (SSSR count). The van der Waals surface area contributed by atoms with E-state index in [4.69, 9.17) is 0 Å². The van der Waals surface area contributed by atoms with Gasteiger partial charge in [-0.2, -0.15) is 0 Å². The van der Waals surface area contributed by atoms with E-state index in [9.17, 15) is 0 Å². The van der Waals surface area contributed by atoms with Crippen molar-refractivity contribution in [1.82, 2.24) is 0 Å². The molecule has 394 valence electrons. The van der Waals surface area contributed by atoms with E-state index in [1.807, 2.05) is 48.5 Å². The summed E-state index contributed by atoms with van der Waals surface area (Å²) in [5, 5.41) is 14.5. The summed E-state index contributed by atoms with van der Waals surface area (Å²) >= 11 is 0. The van der Waals surface area contributed by atoms with Crippen LogP contribution in [0.5, 0.6) is 0 Å². The monoisotopic (exact) mass is 1080 g/mol. The van der Waals surface area contributed by atoms with Crippen molar-refractivity contribution in [2.45, 2.75) is 0 Å². The van der Waals surface area contributed by atoms with Gasteiger partial charge in [0.15, 0.2) is 0 Å². The highest BCUT2D eigenvalue weighted by molar-refractivity contribution is 6.29. The van der Waals surface area contributed by atoms with Crippen LogP contribution >= 0.6 is 0 Å². The fourth-order valence-electron chi connectivity index (χ4n) is 13.5. The first-order valence-corrected chi connectivity index (χ1v) is 28.5. The zero-order valence-electron chi connectivity index (χ0n) is 45.5. The van der Waals surface area contributed by atoms with Crippen LogP contribution < -0.4 is 9.80 Å². The van der Waals surface area contributed by atoms with E-state index in [1.54, 1.807) is 12.1 Å². The number of rotatable bonds is 10. The molecular formula is C80H50F2N2. The number of hydrogen-bond acceptors (Lipinski definition) is 2. The van der Waals surface area contributed by atoms with Crippen LogP contribution in [0.15, 0.2) is 303 Å². The second-order valence-corrected chi connectivity index (χ2v) is 21.7. The predicted molar refractivity (Wildman–Crippen MR) is 351 cm³/mol. The number of anilines is 6. The van der Waals surface area contributed by atoms with Gasteiger partial charge in [-0.1, -0.05) is 255 Å². The summed E-state index contributed by atoms with van der Waals surface area (Å²) in [6.07, 6.45) is 0. The van der Waals surface area contributed by atoms with E-state index in [2.05, 4.69) is 252 Å². The number of hydrogen-bond donors (Lipinski definition) is 0. The Bertz CT molecular complexity index is 4900. The Morgan fingerprint density at radius 3 is 0.893 bits per heavy atom. The molecule has 0 radical (unpaired) electrons. The van der Waals surface area contributed by atoms with Gasteiger partial charge < -0.3 is 9.80 Å². The molecule has 16 aromatic carbocycles. The molecule has 4 heteroatoms. The van der Waals surface area contributed by atoms with Crippen LogP contribution in [0.4, 0.5) is 42.9 Å². The van der Waals surface area contributed by atoms with Gasteiger partial charge in [-0.25, -0.2) is 8.78 Å². The van der Waals surface area contributed by atoms with Crippen molar-refractivity contribution in [3.05, 3.63) is 315 Å². The lowest BCUT2D eigenvalue weighted by molar-refractivity contribution is 0.629. The smallest absolute Gasteiger partial charge is 0.147 e. The molecule has 0 aliphatic carbocycles. The third-order valence-electron chi connectivity index (χ3n) is 17.1. The average Bonchev–Trinajstić information content (AvgIpc) is 3.09. The Morgan fingerprint density at radius 1 is 0.202 bits per heavy atom. The quantitative estimate of drug-likeness (QED) is 0.126. The molecule has 0 heterocycles. The minimum Gasteiger partial charge on any atom is -0.307 e. The first-order chi connectivity index (χ1) is 41.6. The third kappa shape index (κ3) is 7.83. The van der Waals surface area contributed by atoms with Gasteiger partial charge >= 0.3 is 0 Å². The molecule has 0 amide bonds. The second kappa shape index (κ2) is 19.9. The lowest BCUT2D eigenvalue weighted by Crippen LogP contribution is -2.15. The van der Waals surface area contributed by atoms with Gasteiger partial charge in [-0.15, -0.1) is 0 Å². The van der Waals surface area contributed by atoms with Crippen LogP contribution in [0, 0.1) is 11.6 Å². The highest BCUT2D eigenvalue weighted by Crippen LogP contribution is 2.55. The van der Waals surface area contributed by atoms with E-state index >= 15 is 8.78 Å². The van der Waals surface area contributed by atoms with Crippen molar-refractivity contribution in [3.63, 3.8) is 0 Å². The summed E-state index contributed by atoms with van der Waals surface area (Å²) in [6.45, 7) is 0. The van der Waals surface area contributed by atoms with Crippen molar-refractivity contribution in [2.24, 2.45) is 0 Å². The summed E-state index contributed by atoms with van der Waals surface area (Å²) < 4.78 is 36.5. The Morgan fingerprint density at radius 2 is 0.512 bits per heavy atom. The molecular weight excluding hydrogens is 1030 g/mol. The Balaban J connectivity index is 0.985. The van der Waals surface area contributed by atoms with Gasteiger partial charge in [-0.05, 0) is 147 Å². The predicted octanol–water partition coefficient (Wildman–Crippen LogP) is 23.1. The van der Waals surface area contributed by atoms with Crippen molar-refractivity contribution in [1.29, 1.82) is 0 Å². The molecule has 0 aromatic heterocycles. The van der Waals surface area contributed by atoms with E-state index in [1.165, 1.54) is 0 Å². The third-order valence-corrected chi connectivity index (χ3v) is 17.1. The van der Waals surface area contributed by atoms with Crippen molar-refractivity contribution < 1.29 is 8.78 Å². The maximum absolute atomic E-state index is 18.2. The molecule has 0 atom stereocenters. The zero-order chi connectivity index (χ0) is 55.8. The highest BCUT2D eigenvalue weighted by Gasteiger charge is 2.31. The van der Waals surface area contributed by atoms with E-state index < -0.39 is 0 Å². The topological polar surface area (TPSA) is 6.48 Å². The maximum Gasteiger partial charge on any atom is 0.147 e. The molecule has 0 saturated heterocycles. The molecule has 0 bridgehead atoms. The van der Waals surface area contributed by atoms with Crippen LogP contribution in [0.25, 0.3) is 120 Å². The minimum absolute atomic E-state index is 0.355. The zero-order valence-corrected chi connectivity index (χ0v) is 45.5. The molecule has 0 N–H and O–H groups in total. The first kappa shape index (κ1) is 48.9. The number of para-hydroxylation sites is 2. The number of fused-ring (bicyclic) bond motifs is 4. The summed E-state index contributed by atoms with van der Waals surface area (Å²) in [5.41, 5.74) is 11.4. The van der Waals surface area contributed by atoms with Gasteiger partial charge in [0.25, 0.3) is 0 Å². The number of nitrogens with zero attached hydrogens (tertiary/aromatic N) is 2. The van der Waals surface area contributed by atoms with Crippen LogP contribution in [0.1, 0.15) is 0 Å². The molecule has 0 saturated carbocycles. The minimum atomic E-state index is -0.355. The van der Waals surface area contributed by atoms with Crippen molar-refractivity contribution >= 4 is 110 Å². The molecule has 84 heavy (non-hydrogen) atoms. The lowest BCUT2D eigenvalue weighted by atomic mass is 9.86. The van der Waals surface area contributed by atoms with Gasteiger partial charge in [0, 0.05) is 33.3 Å². The van der Waals surface area contributed by atoms with Gasteiger partial charge in [0.05, 0.1) is 22.7 Å². The van der Waals surface area contributed by atoms with Crippen LogP contribution in [0.3, 0.4) is 0 Å². The van der Waals surface area contributed by atoms with E-state index in [0.29, 0.717) is 11.4 Å². The largest absolute Gasteiger partial charge is 0.307 e. The summed E-state index contributed by atoms with van der Waals surface area (Å²) in [7, 11) is 0. The average molecular weight is 1080 g/mol. The van der Waals surface area contributed by atoms with Crippen molar-refractivity contribution in [3.8, 4) is 44.5 Å². The molecule has 0 fully saturated rings. The molecule has 16 aromatic rings. The number of benzene rings is 16. The molecule has 0 unspecified atom stereocenters. The van der Waals surface area contributed by atoms with Crippen molar-refractivity contribution in [2.75, 3.05) is 9.80 Å². The summed E-state index contributed by atoms with van der Waals surface area (Å²) in [5.74, 6) is -0.709. The highest BCUT2D eigenvalue weighted by atomic mass is 19.1. The SMILES string of the molecule is Fc1ccc(-c2cccc3ccccc23)c(-c2cccc3ccccc23)c1N(c1ccccc1)c1ccc2ccc3c(N(c4ccccc4)c4c(F)ccc(-c5cccc6ccccc56)c4-c4cccc5ccccc45)ccc4ccc1c2c43. The summed E-state index contributed by atoms with van der Waals surface area (Å²) in [6, 6.07) is 104. The van der Waals surface area contributed by atoms with Crippen LogP contribution in [-0.4, -0.2) is 0 Å². The lowest BCUT2D eigenvalue weighted by Gasteiger charge is -2.32. The number of halogens is 2. The molecule has 0 aliphatic rings. The van der Waals surface area contributed by atoms with Crippen LogP contribution in [0.2, 0.25) is 0 Å². The van der Waals surface area contributed by atoms with E-state index in [-0.39, 0.29) is 11.6 Å². The standard InChI is InChI=1S/C80H50F2N2/c81-71-47-45-67(63-35-15-23-51-19-7-11-31-59(51)63)77(65-37-17-25-53-21-9-13-33-61(53)65)79(71)83(57-27-3-1-4-28-57)73-49-41-55-40-44-70-74(50-42-56-39-43-69(73)75(55)76(56)70)84(58-29-5-2-6-30-58)80-72(82)48-46-68(64-36-16-24-52-20-8-12-32-60(52)64)78(80)66-38-18-26-54-22-10-14-34-62(54)66/h1-50H. The normalized spacial score (nSPS) is 11.7. The fraction of sp³-hybridized carbons (Fsp3) is 0. The molecule has 0 spiro atoms. The molecule has 0 aliphatic heterocycles. The Kier molecular flexibility index (Phi) is 11.6. The Labute approximate surface area is 484 Å². The Hall–Kier alpha value is -10.9. The van der Waals surface area contributed by atoms with Gasteiger partial charge in [-0.3, -0.25) is 0 Å². The second-order valence-electron chi connectivity index (χ2n) is 21.7. The van der Waals surface area contributed by atoms with Gasteiger partial charge in [0.1, 0.15) is 11.6 Å². The maximum atomic E-state index is 18.2. The molecule has 2 nitrogen and oxygen atoms in total.